The number of hydrogen-bond donors (Lipinski definition) is 1. The van der Waals surface area contributed by atoms with E-state index in [0.29, 0.717) is 24.7 Å². The molecule has 0 saturated heterocycles. The van der Waals surface area contributed by atoms with Crippen molar-refractivity contribution in [1.29, 1.82) is 0 Å². The van der Waals surface area contributed by atoms with Crippen LogP contribution in [0.2, 0.25) is 0 Å². The van der Waals surface area contributed by atoms with Gasteiger partial charge in [-0.2, -0.15) is 0 Å². The van der Waals surface area contributed by atoms with Crippen molar-refractivity contribution < 1.29 is 24.5 Å². The van der Waals surface area contributed by atoms with Crippen molar-refractivity contribution in [3.8, 4) is 5.75 Å². The summed E-state index contributed by atoms with van der Waals surface area (Å²) >= 11 is 12.2. The number of aryl methyl sites for hydroxylation is 2. The quantitative estimate of drug-likeness (QED) is 0.0613. The Kier molecular flexibility index (Phi) is 58.3. The van der Waals surface area contributed by atoms with Crippen LogP contribution in [0.25, 0.3) is 5.57 Å². The summed E-state index contributed by atoms with van der Waals surface area (Å²) in [5, 5.41) is 4.53. The van der Waals surface area contributed by atoms with Crippen molar-refractivity contribution in [1.82, 2.24) is 14.9 Å². The summed E-state index contributed by atoms with van der Waals surface area (Å²) in [4.78, 5) is 21.6. The molecule has 2 rings (SSSR count). The predicted octanol–water partition coefficient (Wildman–Crippen LogP) is 14.3. The van der Waals surface area contributed by atoms with Gasteiger partial charge in [-0.05, 0) is 127 Å². The van der Waals surface area contributed by atoms with Crippen molar-refractivity contribution in [2.75, 3.05) is 20.3 Å². The summed E-state index contributed by atoms with van der Waals surface area (Å²) in [6.45, 7) is 40.1. The Bertz CT molecular complexity index is 1520. The number of nitrogens with one attached hydrogen (secondary N) is 1. The van der Waals surface area contributed by atoms with Gasteiger partial charge in [0.2, 0.25) is 0 Å². The molecule has 10 heteroatoms. The molecule has 0 saturated carbocycles. The lowest BCUT2D eigenvalue weighted by Crippen LogP contribution is -2.12. The number of nitrogens with zero attached hydrogens (tertiary/aromatic N) is 2. The smallest absolute Gasteiger partial charge is 0.123 e. The molecule has 8 nitrogen and oxygen atoms in total. The molecule has 348 valence electrons. The van der Waals surface area contributed by atoms with Crippen molar-refractivity contribution in [2.45, 2.75) is 141 Å². The summed E-state index contributed by atoms with van der Waals surface area (Å²) in [5.74, 6) is 2.83. The number of aldehydes is 1. The molecule has 0 aliphatic carbocycles. The van der Waals surface area contributed by atoms with Gasteiger partial charge in [0.05, 0.1) is 18.8 Å². The molecule has 0 unspecified atom stereocenters. The first-order valence-electron chi connectivity index (χ1n) is 21.2. The SMILES string of the molecule is C/C=C(\C)COc1ccc(CC)cc1.C=C(Cl)/C=C\C/C(=C(/Cl)CC)c1cn(CCCC)c(CNC)n1.C=C/C(=C\C=C(/C)CC)OCC.C=CCC.C=O.CC.CC=O.O. The van der Waals surface area contributed by atoms with Crippen LogP contribution >= 0.6 is 23.2 Å². The number of allylic oxidation sites excluding steroid dienone is 11. The second kappa shape index (κ2) is 51.9. The summed E-state index contributed by atoms with van der Waals surface area (Å²) < 4.78 is 13.1. The van der Waals surface area contributed by atoms with Gasteiger partial charge in [-0.15, -0.1) is 6.58 Å². The molecular weight excluding hydrogens is 805 g/mol. The van der Waals surface area contributed by atoms with Crippen LogP contribution in [-0.2, 0) is 33.8 Å². The minimum absolute atomic E-state index is 0. The van der Waals surface area contributed by atoms with E-state index in [1.807, 2.05) is 71.9 Å². The highest BCUT2D eigenvalue weighted by atomic mass is 35.5. The second-order valence-electron chi connectivity index (χ2n) is 12.3. The van der Waals surface area contributed by atoms with Crippen LogP contribution in [0.4, 0.5) is 0 Å². The zero-order valence-corrected chi connectivity index (χ0v) is 41.9. The number of imidazole rings is 1. The zero-order chi connectivity index (χ0) is 47.1. The number of benzene rings is 1. The maximum atomic E-state index is 8.81. The van der Waals surface area contributed by atoms with Gasteiger partial charge >= 0.3 is 0 Å². The van der Waals surface area contributed by atoms with Gasteiger partial charge in [0.25, 0.3) is 0 Å². The maximum Gasteiger partial charge on any atom is 0.123 e. The molecule has 1 aromatic heterocycles. The lowest BCUT2D eigenvalue weighted by molar-refractivity contribution is -0.106. The van der Waals surface area contributed by atoms with E-state index in [1.165, 1.54) is 23.6 Å². The summed E-state index contributed by atoms with van der Waals surface area (Å²) in [7, 11) is 1.93. The Morgan fingerprint density at radius 1 is 0.934 bits per heavy atom. The van der Waals surface area contributed by atoms with E-state index in [2.05, 4.69) is 109 Å². The van der Waals surface area contributed by atoms with E-state index in [1.54, 1.807) is 12.2 Å². The van der Waals surface area contributed by atoms with E-state index >= 15 is 0 Å². The van der Waals surface area contributed by atoms with Crippen LogP contribution in [0.1, 0.15) is 139 Å². The molecule has 1 aromatic carbocycles. The van der Waals surface area contributed by atoms with Crippen LogP contribution in [0.3, 0.4) is 0 Å². The summed E-state index contributed by atoms with van der Waals surface area (Å²) in [6, 6.07) is 8.28. The molecule has 0 aliphatic heterocycles. The van der Waals surface area contributed by atoms with Gasteiger partial charge in [-0.25, -0.2) is 4.98 Å². The first-order valence-corrected chi connectivity index (χ1v) is 22.0. The lowest BCUT2D eigenvalue weighted by atomic mass is 10.1. The Hall–Kier alpha value is -4.21. The fourth-order valence-corrected chi connectivity index (χ4v) is 4.34. The maximum absolute atomic E-state index is 8.81. The highest BCUT2D eigenvalue weighted by molar-refractivity contribution is 6.32. The van der Waals surface area contributed by atoms with E-state index < -0.39 is 0 Å². The Balaban J connectivity index is -0.000000172. The van der Waals surface area contributed by atoms with Gasteiger partial charge in [0.15, 0.2) is 0 Å². The van der Waals surface area contributed by atoms with E-state index in [4.69, 9.17) is 47.2 Å². The molecule has 1 heterocycles. The summed E-state index contributed by atoms with van der Waals surface area (Å²) in [6.07, 6.45) is 23.3. The highest BCUT2D eigenvalue weighted by Gasteiger charge is 2.13. The van der Waals surface area contributed by atoms with Gasteiger partial charge < -0.3 is 34.4 Å². The fourth-order valence-electron chi connectivity index (χ4n) is 4.08. The second-order valence-corrected chi connectivity index (χ2v) is 13.3. The molecule has 0 atom stereocenters. The average molecular weight is 891 g/mol. The standard InChI is InChI=1S/C18H27Cl2N3.C13H18O.C11H18O.C4H8.C2H4O.C2H6.CH2O.H2O/c1-5-7-11-23-13-17(22-18(23)12-21-4)15(16(20)6-2)10-8-9-14(3)19;1-4-11(3)10-14-13-8-6-12(5-2)7-9-13;1-5-10(4)8-9-11(6-2)12-7-3;1-3-4-2;1-2-3;2*1-2;/h8-9,13,21H,3,5-7,10-12H2,1-2,4H3;4,6-9H,5,10H2,1-3H3;6,8-9H,2,5,7H2,1,3-4H3;3H,1,4H2,2H3;2H,1H3;1-2H3;1H2;1H2/b9-8-,16-15-;11-4+;10-8+,11-9+;;;;;. The molecule has 0 aliphatic rings. The van der Waals surface area contributed by atoms with Crippen LogP contribution in [0.15, 0.2) is 120 Å². The van der Waals surface area contributed by atoms with Gasteiger partial charge in [0.1, 0.15) is 37.0 Å². The third-order valence-corrected chi connectivity index (χ3v) is 8.32. The number of carbonyl (C=O) groups excluding carboxylic acids is 2. The number of ether oxygens (including phenoxy) is 2. The minimum atomic E-state index is 0. The van der Waals surface area contributed by atoms with Crippen LogP contribution in [0.5, 0.6) is 5.75 Å². The number of unbranched alkanes of at least 4 members (excludes halogenated alkanes) is 1. The first-order chi connectivity index (χ1) is 28.9. The van der Waals surface area contributed by atoms with E-state index in [0.717, 1.165) is 91.5 Å². The fraction of sp³-hybridized carbons (Fsp3) is 0.471. The van der Waals surface area contributed by atoms with Crippen LogP contribution in [-0.4, -0.2) is 48.4 Å². The third kappa shape index (κ3) is 40.9. The van der Waals surface area contributed by atoms with E-state index in [9.17, 15) is 0 Å². The topological polar surface area (TPSA) is 114 Å². The first kappa shape index (κ1) is 68.5. The normalized spacial score (nSPS) is 10.8. The third-order valence-electron chi connectivity index (χ3n) is 7.70. The summed E-state index contributed by atoms with van der Waals surface area (Å²) in [5.41, 5.74) is 5.94. The van der Waals surface area contributed by atoms with Gasteiger partial charge in [0, 0.05) is 22.8 Å². The Morgan fingerprint density at radius 3 is 1.92 bits per heavy atom. The van der Waals surface area contributed by atoms with Gasteiger partial charge in [-0.1, -0.05) is 133 Å². The number of halogens is 2. The molecule has 0 amide bonds. The molecule has 2 aromatic rings. The minimum Gasteiger partial charge on any atom is -0.494 e. The predicted molar refractivity (Wildman–Crippen MR) is 271 cm³/mol. The van der Waals surface area contributed by atoms with Crippen LogP contribution < -0.4 is 10.1 Å². The van der Waals surface area contributed by atoms with E-state index in [-0.39, 0.29) is 5.48 Å². The average Bonchev–Trinajstić information content (AvgIpc) is 3.68. The molecule has 0 fully saturated rings. The largest absolute Gasteiger partial charge is 0.494 e. The monoisotopic (exact) mass is 890 g/mol. The van der Waals surface area contributed by atoms with Crippen molar-refractivity contribution in [2.24, 2.45) is 0 Å². The highest BCUT2D eigenvalue weighted by Crippen LogP contribution is 2.27. The van der Waals surface area contributed by atoms with Crippen molar-refractivity contribution in [3.05, 3.63) is 137 Å². The molecule has 0 spiro atoms. The number of hydrogen-bond acceptors (Lipinski definition) is 6. The number of carbonyl (C=O) groups is 2. The molecule has 61 heavy (non-hydrogen) atoms. The number of aromatic nitrogens is 2. The van der Waals surface area contributed by atoms with Gasteiger partial charge in [-0.3, -0.25) is 0 Å². The van der Waals surface area contributed by atoms with Crippen LogP contribution in [0, 0.1) is 0 Å². The Morgan fingerprint density at radius 2 is 1.51 bits per heavy atom. The lowest BCUT2D eigenvalue weighted by Gasteiger charge is -2.06. The molecule has 3 N–H and O–H groups in total. The van der Waals surface area contributed by atoms with Crippen molar-refractivity contribution in [3.63, 3.8) is 0 Å². The molecule has 0 radical (unpaired) electrons. The zero-order valence-electron chi connectivity index (χ0n) is 40.4. The molecule has 0 bridgehead atoms. The molecular formula is C51H85Cl2N3O5. The number of rotatable bonds is 20. The van der Waals surface area contributed by atoms with Crippen molar-refractivity contribution >= 4 is 41.9 Å². The Labute approximate surface area is 383 Å².